The first-order chi connectivity index (χ1) is 6.22. The molecular formula is C8H15O4P. The Balaban J connectivity index is 2.08. The monoisotopic (exact) mass is 206 g/mol. The third-order valence-corrected chi connectivity index (χ3v) is 2.78. The summed E-state index contributed by atoms with van der Waals surface area (Å²) < 4.78 is 21.7. The maximum Gasteiger partial charge on any atom is 0.189 e. The van der Waals surface area contributed by atoms with E-state index in [1.807, 2.05) is 6.92 Å². The second-order valence-corrected chi connectivity index (χ2v) is 3.86. The van der Waals surface area contributed by atoms with E-state index in [0.717, 1.165) is 0 Å². The van der Waals surface area contributed by atoms with Crippen LogP contribution in [0.1, 0.15) is 13.8 Å². The van der Waals surface area contributed by atoms with Gasteiger partial charge in [-0.25, -0.2) is 0 Å². The average Bonchev–Trinajstić information content (AvgIpc) is 2.48. The maximum atomic E-state index is 5.62. The zero-order valence-electron chi connectivity index (χ0n) is 7.80. The summed E-state index contributed by atoms with van der Waals surface area (Å²) in [7, 11) is 2.21. The molecule has 2 aliphatic rings. The van der Waals surface area contributed by atoms with Crippen LogP contribution in [0.2, 0.25) is 0 Å². The summed E-state index contributed by atoms with van der Waals surface area (Å²) >= 11 is 0. The molecule has 2 rings (SSSR count). The summed E-state index contributed by atoms with van der Waals surface area (Å²) in [6, 6.07) is 0. The lowest BCUT2D eigenvalue weighted by molar-refractivity contribution is -0.189. The zero-order chi connectivity index (χ0) is 9.42. The first kappa shape index (κ1) is 9.81. The minimum Gasteiger partial charge on any atom is -0.349 e. The van der Waals surface area contributed by atoms with Crippen LogP contribution in [0, 0.1) is 5.92 Å². The van der Waals surface area contributed by atoms with Gasteiger partial charge in [-0.15, -0.1) is 0 Å². The van der Waals surface area contributed by atoms with E-state index in [-0.39, 0.29) is 24.8 Å². The molecule has 13 heavy (non-hydrogen) atoms. The molecule has 0 aromatic carbocycles. The van der Waals surface area contributed by atoms with E-state index in [1.54, 1.807) is 0 Å². The lowest BCUT2D eigenvalue weighted by Gasteiger charge is -2.34. The normalized spacial score (nSPS) is 50.5. The predicted octanol–water partition coefficient (Wildman–Crippen LogP) is 0.915. The van der Waals surface area contributed by atoms with Crippen molar-refractivity contribution in [3.63, 3.8) is 0 Å². The molecule has 76 valence electrons. The fraction of sp³-hybridized carbons (Fsp3) is 1.00. The highest BCUT2D eigenvalue weighted by Crippen LogP contribution is 2.33. The maximum absolute atomic E-state index is 5.62. The van der Waals surface area contributed by atoms with Gasteiger partial charge in [0, 0.05) is 15.4 Å². The number of hydrogen-bond donors (Lipinski definition) is 0. The standard InChI is InChI=1S/C8H15O4P/c1-4-3-9-8(12-13)7-6(4)10-5(2)11-7/h4-8H,3,13H2,1-2H3. The first-order valence-electron chi connectivity index (χ1n) is 4.50. The molecule has 0 N–H and O–H groups in total. The van der Waals surface area contributed by atoms with E-state index < -0.39 is 0 Å². The quantitative estimate of drug-likeness (QED) is 0.598. The smallest absolute Gasteiger partial charge is 0.189 e. The Kier molecular flexibility index (Phi) is 2.86. The Labute approximate surface area is 80.2 Å². The Morgan fingerprint density at radius 3 is 2.62 bits per heavy atom. The van der Waals surface area contributed by atoms with Crippen molar-refractivity contribution in [3.05, 3.63) is 0 Å². The molecule has 0 aromatic heterocycles. The van der Waals surface area contributed by atoms with E-state index in [9.17, 15) is 0 Å². The molecule has 2 fully saturated rings. The molecule has 0 aromatic rings. The topological polar surface area (TPSA) is 36.9 Å². The number of ether oxygens (including phenoxy) is 3. The van der Waals surface area contributed by atoms with Crippen LogP contribution in [0.4, 0.5) is 0 Å². The largest absolute Gasteiger partial charge is 0.349 e. The Morgan fingerprint density at radius 2 is 1.92 bits per heavy atom. The van der Waals surface area contributed by atoms with Crippen molar-refractivity contribution in [2.75, 3.05) is 6.61 Å². The fourth-order valence-electron chi connectivity index (χ4n) is 1.86. The summed E-state index contributed by atoms with van der Waals surface area (Å²) in [5.41, 5.74) is 0. The van der Waals surface area contributed by atoms with Crippen molar-refractivity contribution in [1.29, 1.82) is 0 Å². The van der Waals surface area contributed by atoms with Crippen molar-refractivity contribution in [1.82, 2.24) is 0 Å². The predicted molar refractivity (Wildman–Crippen MR) is 48.9 cm³/mol. The summed E-state index contributed by atoms with van der Waals surface area (Å²) in [4.78, 5) is 0. The van der Waals surface area contributed by atoms with E-state index in [0.29, 0.717) is 12.5 Å². The summed E-state index contributed by atoms with van der Waals surface area (Å²) in [6.07, 6.45) is -0.441. The molecule has 2 saturated heterocycles. The molecule has 6 atom stereocenters. The second kappa shape index (κ2) is 3.79. The van der Waals surface area contributed by atoms with Gasteiger partial charge in [-0.2, -0.15) is 0 Å². The van der Waals surface area contributed by atoms with Crippen LogP contribution in [0.25, 0.3) is 0 Å². The Morgan fingerprint density at radius 1 is 1.23 bits per heavy atom. The van der Waals surface area contributed by atoms with Gasteiger partial charge in [-0.05, 0) is 6.92 Å². The van der Waals surface area contributed by atoms with Crippen LogP contribution < -0.4 is 0 Å². The fourth-order valence-corrected chi connectivity index (χ4v) is 2.09. The van der Waals surface area contributed by atoms with Crippen molar-refractivity contribution >= 4 is 9.47 Å². The molecule has 0 amide bonds. The molecular weight excluding hydrogens is 191 g/mol. The van der Waals surface area contributed by atoms with Crippen LogP contribution in [0.3, 0.4) is 0 Å². The molecule has 4 nitrogen and oxygen atoms in total. The molecule has 0 spiro atoms. The van der Waals surface area contributed by atoms with E-state index >= 15 is 0 Å². The van der Waals surface area contributed by atoms with Gasteiger partial charge in [0.1, 0.15) is 6.10 Å². The molecule has 0 radical (unpaired) electrons. The molecule has 5 heteroatoms. The zero-order valence-corrected chi connectivity index (χ0v) is 8.96. The van der Waals surface area contributed by atoms with Gasteiger partial charge in [0.05, 0.1) is 12.7 Å². The van der Waals surface area contributed by atoms with E-state index in [2.05, 4.69) is 16.4 Å². The van der Waals surface area contributed by atoms with Gasteiger partial charge in [0.15, 0.2) is 12.6 Å². The highest BCUT2D eigenvalue weighted by atomic mass is 31.0. The minimum absolute atomic E-state index is 0.0868. The SMILES string of the molecule is CC1OC2C(C)COC(OP)C2O1. The molecule has 2 heterocycles. The second-order valence-electron chi connectivity index (χ2n) is 3.58. The van der Waals surface area contributed by atoms with Gasteiger partial charge < -0.3 is 18.7 Å². The molecule has 0 bridgehead atoms. The van der Waals surface area contributed by atoms with E-state index in [1.165, 1.54) is 0 Å². The highest BCUT2D eigenvalue weighted by molar-refractivity contribution is 7.09. The van der Waals surface area contributed by atoms with Crippen LogP contribution >= 0.6 is 9.47 Å². The van der Waals surface area contributed by atoms with Crippen LogP contribution in [0.15, 0.2) is 0 Å². The summed E-state index contributed by atoms with van der Waals surface area (Å²) in [5.74, 6) is 0.367. The molecule has 2 aliphatic heterocycles. The minimum atomic E-state index is -0.309. The molecule has 6 unspecified atom stereocenters. The Bertz CT molecular complexity index is 189. The summed E-state index contributed by atoms with van der Waals surface area (Å²) in [6.45, 7) is 4.65. The first-order valence-corrected chi connectivity index (χ1v) is 4.97. The number of fused-ring (bicyclic) bond motifs is 1. The van der Waals surface area contributed by atoms with Crippen molar-refractivity contribution in [2.24, 2.45) is 5.92 Å². The lowest BCUT2D eigenvalue weighted by atomic mass is 9.98. The lowest BCUT2D eigenvalue weighted by Crippen LogP contribution is -2.47. The third kappa shape index (κ3) is 1.74. The van der Waals surface area contributed by atoms with Crippen molar-refractivity contribution in [3.8, 4) is 0 Å². The highest BCUT2D eigenvalue weighted by Gasteiger charge is 2.46. The van der Waals surface area contributed by atoms with Crippen molar-refractivity contribution in [2.45, 2.75) is 38.6 Å². The average molecular weight is 206 g/mol. The molecule has 0 aliphatic carbocycles. The van der Waals surface area contributed by atoms with E-state index in [4.69, 9.17) is 18.7 Å². The van der Waals surface area contributed by atoms with Crippen LogP contribution in [-0.4, -0.2) is 31.4 Å². The van der Waals surface area contributed by atoms with Gasteiger partial charge in [0.2, 0.25) is 0 Å². The van der Waals surface area contributed by atoms with Gasteiger partial charge in [-0.1, -0.05) is 6.92 Å². The number of rotatable bonds is 1. The Hall–Kier alpha value is 0.270. The van der Waals surface area contributed by atoms with Crippen molar-refractivity contribution < 1.29 is 18.7 Å². The van der Waals surface area contributed by atoms with Gasteiger partial charge in [0.25, 0.3) is 0 Å². The summed E-state index contributed by atoms with van der Waals surface area (Å²) in [5, 5.41) is 0. The van der Waals surface area contributed by atoms with Gasteiger partial charge in [-0.3, -0.25) is 0 Å². The number of hydrogen-bond acceptors (Lipinski definition) is 4. The van der Waals surface area contributed by atoms with Crippen LogP contribution in [0.5, 0.6) is 0 Å². The van der Waals surface area contributed by atoms with Gasteiger partial charge >= 0.3 is 0 Å². The molecule has 0 saturated carbocycles. The van der Waals surface area contributed by atoms with Crippen LogP contribution in [-0.2, 0) is 18.7 Å². The third-order valence-electron chi connectivity index (χ3n) is 2.51.